The first-order valence-electron chi connectivity index (χ1n) is 15.4. The summed E-state index contributed by atoms with van der Waals surface area (Å²) in [6.07, 6.45) is 14.1. The van der Waals surface area contributed by atoms with E-state index in [0.717, 1.165) is 38.5 Å². The summed E-state index contributed by atoms with van der Waals surface area (Å²) in [5.41, 5.74) is -1.18. The molecule has 0 spiro atoms. The lowest BCUT2D eigenvalue weighted by molar-refractivity contribution is -0.154. The average molecular weight is 556 g/mol. The Labute approximate surface area is 237 Å². The van der Waals surface area contributed by atoms with Crippen LogP contribution in [-0.4, -0.2) is 65.5 Å². The number of unbranched alkanes of at least 4 members (excludes halogenated alkanes) is 11. The number of carbonyl (C=O) groups is 3. The first-order valence-corrected chi connectivity index (χ1v) is 15.4. The highest BCUT2D eigenvalue weighted by molar-refractivity contribution is 5.82. The van der Waals surface area contributed by atoms with Gasteiger partial charge in [-0.1, -0.05) is 77.6 Å². The molecule has 8 nitrogen and oxygen atoms in total. The SMILES string of the molecule is CCCCCCCCCCCOC(=O)C(C)(C)CCCCCCOC(=O)[C@@H]1C[C@H](O)CN1C(=O)OC(C)(C)C. The van der Waals surface area contributed by atoms with Gasteiger partial charge in [0.1, 0.15) is 11.6 Å². The Kier molecular flexibility index (Phi) is 16.7. The molecule has 0 bridgehead atoms. The van der Waals surface area contributed by atoms with Crippen molar-refractivity contribution in [2.45, 2.75) is 156 Å². The van der Waals surface area contributed by atoms with E-state index in [1.54, 1.807) is 20.8 Å². The zero-order valence-corrected chi connectivity index (χ0v) is 25.7. The number of carbonyl (C=O) groups excluding carboxylic acids is 3. The lowest BCUT2D eigenvalue weighted by Crippen LogP contribution is -2.44. The standard InChI is InChI=1S/C31H57NO7/c1-7-8-9-10-11-12-13-15-19-22-38-28(35)31(5,6)20-17-14-16-18-21-37-27(34)26-23-25(33)24-32(26)29(36)39-30(2,3)4/h25-26,33H,7-24H2,1-6H3/t25-,26-/m0/s1. The van der Waals surface area contributed by atoms with Gasteiger partial charge in [0, 0.05) is 6.42 Å². The minimum atomic E-state index is -0.822. The van der Waals surface area contributed by atoms with Gasteiger partial charge in [-0.2, -0.15) is 0 Å². The van der Waals surface area contributed by atoms with Crippen molar-refractivity contribution < 1.29 is 33.7 Å². The summed E-state index contributed by atoms with van der Waals surface area (Å²) >= 11 is 0. The number of nitrogens with zero attached hydrogens (tertiary/aromatic N) is 1. The van der Waals surface area contributed by atoms with Crippen LogP contribution >= 0.6 is 0 Å². The molecular weight excluding hydrogens is 498 g/mol. The number of hydrogen-bond acceptors (Lipinski definition) is 7. The summed E-state index contributed by atoms with van der Waals surface area (Å²) in [5, 5.41) is 9.97. The van der Waals surface area contributed by atoms with Gasteiger partial charge in [-0.05, 0) is 53.9 Å². The molecule has 0 aromatic carbocycles. The molecule has 0 unspecified atom stereocenters. The third kappa shape index (κ3) is 15.5. The zero-order valence-electron chi connectivity index (χ0n) is 25.7. The number of hydrogen-bond donors (Lipinski definition) is 1. The largest absolute Gasteiger partial charge is 0.465 e. The van der Waals surface area contributed by atoms with Crippen LogP contribution in [0.25, 0.3) is 0 Å². The molecule has 1 rings (SSSR count). The predicted octanol–water partition coefficient (Wildman–Crippen LogP) is 6.95. The van der Waals surface area contributed by atoms with Crippen molar-refractivity contribution in [2.24, 2.45) is 5.41 Å². The Balaban J connectivity index is 2.15. The Morgan fingerprint density at radius 1 is 0.769 bits per heavy atom. The van der Waals surface area contributed by atoms with E-state index in [0.29, 0.717) is 13.0 Å². The van der Waals surface area contributed by atoms with Gasteiger partial charge < -0.3 is 19.3 Å². The highest BCUT2D eigenvalue weighted by Gasteiger charge is 2.41. The molecule has 0 saturated carbocycles. The molecule has 1 aliphatic heterocycles. The molecule has 1 heterocycles. The van der Waals surface area contributed by atoms with E-state index < -0.39 is 35.2 Å². The number of aliphatic hydroxyl groups excluding tert-OH is 1. The van der Waals surface area contributed by atoms with Crippen molar-refractivity contribution in [3.63, 3.8) is 0 Å². The molecule has 1 amide bonds. The smallest absolute Gasteiger partial charge is 0.411 e. The molecule has 1 N–H and O–H groups in total. The Bertz CT molecular complexity index is 716. The van der Waals surface area contributed by atoms with Crippen LogP contribution in [0, 0.1) is 5.41 Å². The van der Waals surface area contributed by atoms with Crippen LogP contribution in [-0.2, 0) is 23.8 Å². The zero-order chi connectivity index (χ0) is 29.3. The molecule has 228 valence electrons. The van der Waals surface area contributed by atoms with E-state index in [1.165, 1.54) is 49.8 Å². The fourth-order valence-electron chi connectivity index (χ4n) is 4.73. The van der Waals surface area contributed by atoms with Crippen molar-refractivity contribution in [2.75, 3.05) is 19.8 Å². The van der Waals surface area contributed by atoms with Crippen molar-refractivity contribution in [3.8, 4) is 0 Å². The molecular formula is C31H57NO7. The summed E-state index contributed by atoms with van der Waals surface area (Å²) in [5.74, 6) is -0.627. The first-order chi connectivity index (χ1) is 18.4. The van der Waals surface area contributed by atoms with Gasteiger partial charge in [0.25, 0.3) is 0 Å². The molecule has 0 radical (unpaired) electrons. The molecule has 1 saturated heterocycles. The fraction of sp³-hybridized carbons (Fsp3) is 0.903. The van der Waals surface area contributed by atoms with E-state index in [1.807, 2.05) is 13.8 Å². The third-order valence-corrected chi connectivity index (χ3v) is 7.15. The lowest BCUT2D eigenvalue weighted by Gasteiger charge is -2.27. The van der Waals surface area contributed by atoms with Crippen LogP contribution in [0.2, 0.25) is 0 Å². The van der Waals surface area contributed by atoms with Gasteiger partial charge in [-0.25, -0.2) is 9.59 Å². The van der Waals surface area contributed by atoms with Crippen LogP contribution in [0.15, 0.2) is 0 Å². The summed E-state index contributed by atoms with van der Waals surface area (Å²) < 4.78 is 16.3. The van der Waals surface area contributed by atoms with Gasteiger partial charge >= 0.3 is 18.0 Å². The van der Waals surface area contributed by atoms with Crippen molar-refractivity contribution in [1.82, 2.24) is 4.90 Å². The highest BCUT2D eigenvalue weighted by atomic mass is 16.6. The predicted molar refractivity (Wildman–Crippen MR) is 153 cm³/mol. The van der Waals surface area contributed by atoms with Crippen LogP contribution in [0.4, 0.5) is 4.79 Å². The van der Waals surface area contributed by atoms with E-state index in [4.69, 9.17) is 14.2 Å². The monoisotopic (exact) mass is 555 g/mol. The third-order valence-electron chi connectivity index (χ3n) is 7.15. The van der Waals surface area contributed by atoms with Gasteiger partial charge in [0.2, 0.25) is 0 Å². The molecule has 39 heavy (non-hydrogen) atoms. The average Bonchev–Trinajstić information content (AvgIpc) is 3.25. The number of likely N-dealkylation sites (tertiary alicyclic amines) is 1. The summed E-state index contributed by atoms with van der Waals surface area (Å²) in [4.78, 5) is 38.7. The normalized spacial score (nSPS) is 17.8. The van der Waals surface area contributed by atoms with Crippen molar-refractivity contribution in [1.29, 1.82) is 0 Å². The fourth-order valence-corrected chi connectivity index (χ4v) is 4.73. The summed E-state index contributed by atoms with van der Waals surface area (Å²) in [7, 11) is 0. The Morgan fingerprint density at radius 2 is 1.28 bits per heavy atom. The number of β-amino-alcohol motifs (C(OH)–C–C–N with tert-alkyl or cyclic N) is 1. The van der Waals surface area contributed by atoms with Crippen molar-refractivity contribution >= 4 is 18.0 Å². The number of rotatable bonds is 19. The topological polar surface area (TPSA) is 102 Å². The second kappa shape index (κ2) is 18.5. The first kappa shape index (κ1) is 35.2. The van der Waals surface area contributed by atoms with E-state index >= 15 is 0 Å². The Morgan fingerprint density at radius 3 is 1.85 bits per heavy atom. The van der Waals surface area contributed by atoms with Gasteiger partial charge in [-0.15, -0.1) is 0 Å². The van der Waals surface area contributed by atoms with Gasteiger partial charge in [0.05, 0.1) is 31.3 Å². The van der Waals surface area contributed by atoms with Crippen LogP contribution in [0.3, 0.4) is 0 Å². The highest BCUT2D eigenvalue weighted by Crippen LogP contribution is 2.26. The second-order valence-electron chi connectivity index (χ2n) is 12.7. The molecule has 8 heteroatoms. The van der Waals surface area contributed by atoms with E-state index in [-0.39, 0.29) is 25.5 Å². The molecule has 0 aliphatic carbocycles. The van der Waals surface area contributed by atoms with Crippen LogP contribution in [0.5, 0.6) is 0 Å². The second-order valence-corrected chi connectivity index (χ2v) is 12.7. The van der Waals surface area contributed by atoms with Gasteiger partial charge in [0.15, 0.2) is 0 Å². The number of amides is 1. The lowest BCUT2D eigenvalue weighted by atomic mass is 9.87. The minimum Gasteiger partial charge on any atom is -0.465 e. The number of ether oxygens (including phenoxy) is 3. The summed E-state index contributed by atoms with van der Waals surface area (Å²) in [6, 6.07) is -0.822. The molecule has 2 atom stereocenters. The van der Waals surface area contributed by atoms with Gasteiger partial charge in [-0.3, -0.25) is 9.69 Å². The molecule has 0 aromatic rings. The number of esters is 2. The quantitative estimate of drug-likeness (QED) is 0.104. The van der Waals surface area contributed by atoms with Crippen LogP contribution in [0.1, 0.15) is 138 Å². The van der Waals surface area contributed by atoms with Crippen molar-refractivity contribution in [3.05, 3.63) is 0 Å². The summed E-state index contributed by atoms with van der Waals surface area (Å²) in [6.45, 7) is 12.2. The molecule has 1 aliphatic rings. The maximum absolute atomic E-state index is 12.5. The van der Waals surface area contributed by atoms with E-state index in [2.05, 4.69) is 6.92 Å². The maximum Gasteiger partial charge on any atom is 0.411 e. The van der Waals surface area contributed by atoms with E-state index in [9.17, 15) is 19.5 Å². The Hall–Kier alpha value is -1.83. The molecule has 0 aromatic heterocycles. The maximum atomic E-state index is 12.5. The molecule has 1 fully saturated rings. The number of aliphatic hydroxyl groups is 1. The minimum absolute atomic E-state index is 0.0616. The van der Waals surface area contributed by atoms with Crippen LogP contribution < -0.4 is 0 Å².